The van der Waals surface area contributed by atoms with Crippen LogP contribution < -0.4 is 0 Å². The molecule has 0 aromatic heterocycles. The minimum atomic E-state index is -3.38. The number of sulfone groups is 1. The molecule has 1 heterocycles. The van der Waals surface area contributed by atoms with Gasteiger partial charge in [0.1, 0.15) is 0 Å². The van der Waals surface area contributed by atoms with Crippen molar-refractivity contribution < 1.29 is 17.9 Å². The van der Waals surface area contributed by atoms with Crippen molar-refractivity contribution in [2.24, 2.45) is 0 Å². The third kappa shape index (κ3) is 3.32. The van der Waals surface area contributed by atoms with E-state index in [1.165, 1.54) is 0 Å². The monoisotopic (exact) mass is 304 g/mol. The highest BCUT2D eigenvalue weighted by atomic mass is 32.2. The fraction of sp³-hybridized carbons (Fsp3) is 0.250. The van der Waals surface area contributed by atoms with E-state index in [0.717, 1.165) is 11.1 Å². The van der Waals surface area contributed by atoms with Gasteiger partial charge in [-0.15, -0.1) is 0 Å². The van der Waals surface area contributed by atoms with Crippen LogP contribution in [0, 0.1) is 0 Å². The van der Waals surface area contributed by atoms with Gasteiger partial charge < -0.3 is 9.47 Å². The van der Waals surface area contributed by atoms with E-state index in [2.05, 4.69) is 0 Å². The Labute approximate surface area is 124 Å². The Morgan fingerprint density at radius 1 is 0.952 bits per heavy atom. The lowest BCUT2D eigenvalue weighted by atomic mass is 10.2. The second-order valence-corrected chi connectivity index (χ2v) is 6.88. The molecule has 1 saturated heterocycles. The number of hydrogen-bond donors (Lipinski definition) is 0. The molecule has 0 N–H and O–H groups in total. The summed E-state index contributed by atoms with van der Waals surface area (Å²) in [4.78, 5) is 0.294. The van der Waals surface area contributed by atoms with Crippen molar-refractivity contribution in [2.75, 3.05) is 13.2 Å². The van der Waals surface area contributed by atoms with Gasteiger partial charge in [0.05, 0.1) is 23.9 Å². The number of hydrogen-bond acceptors (Lipinski definition) is 4. The van der Waals surface area contributed by atoms with E-state index in [0.29, 0.717) is 18.1 Å². The molecule has 0 unspecified atom stereocenters. The Balaban J connectivity index is 1.86. The zero-order valence-corrected chi connectivity index (χ0v) is 12.3. The first-order valence-electron chi connectivity index (χ1n) is 6.75. The van der Waals surface area contributed by atoms with E-state index in [1.54, 1.807) is 18.2 Å². The molecular formula is C16H16O4S. The summed E-state index contributed by atoms with van der Waals surface area (Å²) in [5.74, 6) is -0.0102. The topological polar surface area (TPSA) is 52.6 Å². The van der Waals surface area contributed by atoms with E-state index in [9.17, 15) is 8.42 Å². The van der Waals surface area contributed by atoms with E-state index in [4.69, 9.17) is 9.47 Å². The van der Waals surface area contributed by atoms with E-state index >= 15 is 0 Å². The molecule has 2 aromatic rings. The maximum Gasteiger partial charge on any atom is 0.184 e. The van der Waals surface area contributed by atoms with Crippen molar-refractivity contribution >= 4 is 9.84 Å². The molecule has 0 aliphatic carbocycles. The summed E-state index contributed by atoms with van der Waals surface area (Å²) >= 11 is 0. The number of rotatable bonds is 4. The van der Waals surface area contributed by atoms with Crippen LogP contribution in [0.25, 0.3) is 0 Å². The van der Waals surface area contributed by atoms with Crippen molar-refractivity contribution in [1.82, 2.24) is 0 Å². The molecule has 4 nitrogen and oxygen atoms in total. The van der Waals surface area contributed by atoms with Crippen LogP contribution in [0.3, 0.4) is 0 Å². The molecule has 0 atom stereocenters. The number of ether oxygens (including phenoxy) is 2. The molecule has 1 fully saturated rings. The van der Waals surface area contributed by atoms with Gasteiger partial charge in [-0.05, 0) is 17.7 Å². The molecule has 5 heteroatoms. The van der Waals surface area contributed by atoms with Crippen molar-refractivity contribution in [3.8, 4) is 0 Å². The molecule has 0 spiro atoms. The molecule has 1 aliphatic heterocycles. The molecule has 0 radical (unpaired) electrons. The summed E-state index contributed by atoms with van der Waals surface area (Å²) in [5.41, 5.74) is 1.51. The molecule has 3 rings (SSSR count). The number of benzene rings is 2. The molecule has 0 saturated carbocycles. The summed E-state index contributed by atoms with van der Waals surface area (Å²) in [5, 5.41) is 0. The normalized spacial score (nSPS) is 16.2. The lowest BCUT2D eigenvalue weighted by molar-refractivity contribution is -0.0442. The Hall–Kier alpha value is -1.69. The quantitative estimate of drug-likeness (QED) is 0.871. The highest BCUT2D eigenvalue weighted by molar-refractivity contribution is 7.90. The first-order valence-corrected chi connectivity index (χ1v) is 8.40. The Kier molecular flexibility index (Phi) is 4.05. The lowest BCUT2D eigenvalue weighted by Crippen LogP contribution is -2.06. The van der Waals surface area contributed by atoms with Crippen molar-refractivity contribution in [2.45, 2.75) is 16.9 Å². The Bertz CT molecular complexity index is 704. The largest absolute Gasteiger partial charge is 0.346 e. The second-order valence-electron chi connectivity index (χ2n) is 4.89. The fourth-order valence-corrected chi connectivity index (χ4v) is 3.68. The average Bonchev–Trinajstić information content (AvgIpc) is 3.02. The minimum absolute atomic E-state index is 0.0102. The van der Waals surface area contributed by atoms with Gasteiger partial charge in [-0.2, -0.15) is 0 Å². The van der Waals surface area contributed by atoms with Gasteiger partial charge in [-0.3, -0.25) is 0 Å². The van der Waals surface area contributed by atoms with Crippen LogP contribution in [-0.2, 0) is 25.1 Å². The zero-order valence-electron chi connectivity index (χ0n) is 11.4. The van der Waals surface area contributed by atoms with Crippen LogP contribution in [0.4, 0.5) is 0 Å². The molecule has 110 valence electrons. The van der Waals surface area contributed by atoms with Crippen LogP contribution in [0.1, 0.15) is 17.4 Å². The predicted octanol–water partition coefficient (Wildman–Crippen LogP) is 2.71. The zero-order chi connectivity index (χ0) is 14.7. The van der Waals surface area contributed by atoms with Crippen LogP contribution in [0.5, 0.6) is 0 Å². The maximum absolute atomic E-state index is 12.5. The van der Waals surface area contributed by atoms with Crippen molar-refractivity contribution in [3.05, 3.63) is 65.7 Å². The average molecular weight is 304 g/mol. The first kappa shape index (κ1) is 14.3. The molecule has 2 aromatic carbocycles. The Morgan fingerprint density at radius 3 is 2.38 bits per heavy atom. The van der Waals surface area contributed by atoms with Crippen molar-refractivity contribution in [1.29, 1.82) is 0 Å². The third-order valence-corrected chi connectivity index (χ3v) is 5.00. The van der Waals surface area contributed by atoms with E-state index < -0.39 is 16.1 Å². The fourth-order valence-electron chi connectivity index (χ4n) is 2.28. The highest BCUT2D eigenvalue weighted by Crippen LogP contribution is 2.26. The first-order chi connectivity index (χ1) is 10.1. The van der Waals surface area contributed by atoms with E-state index in [-0.39, 0.29) is 5.75 Å². The molecular weight excluding hydrogens is 288 g/mol. The summed E-state index contributed by atoms with van der Waals surface area (Å²) in [6, 6.07) is 15.9. The summed E-state index contributed by atoms with van der Waals surface area (Å²) < 4.78 is 35.8. The van der Waals surface area contributed by atoms with Gasteiger partial charge in [-0.25, -0.2) is 8.42 Å². The smallest absolute Gasteiger partial charge is 0.184 e. The summed E-state index contributed by atoms with van der Waals surface area (Å²) in [6.45, 7) is 1.07. The van der Waals surface area contributed by atoms with Crippen molar-refractivity contribution in [3.63, 3.8) is 0 Å². The Morgan fingerprint density at radius 2 is 1.67 bits per heavy atom. The van der Waals surface area contributed by atoms with Crippen LogP contribution in [0.15, 0.2) is 59.5 Å². The molecule has 21 heavy (non-hydrogen) atoms. The maximum atomic E-state index is 12.5. The van der Waals surface area contributed by atoms with Gasteiger partial charge in [0, 0.05) is 5.56 Å². The van der Waals surface area contributed by atoms with Gasteiger partial charge >= 0.3 is 0 Å². The van der Waals surface area contributed by atoms with Gasteiger partial charge in [0.15, 0.2) is 16.1 Å². The third-order valence-electron chi connectivity index (χ3n) is 3.31. The minimum Gasteiger partial charge on any atom is -0.346 e. The van der Waals surface area contributed by atoms with Gasteiger partial charge in [-0.1, -0.05) is 42.5 Å². The standard InChI is InChI=1S/C16H16O4S/c17-21(18,12-13-5-2-1-3-6-13)15-8-4-7-14(11-15)16-19-9-10-20-16/h1-8,11,16H,9-10,12H2. The van der Waals surface area contributed by atoms with Crippen LogP contribution in [-0.4, -0.2) is 21.6 Å². The van der Waals surface area contributed by atoms with E-state index in [1.807, 2.05) is 36.4 Å². The lowest BCUT2D eigenvalue weighted by Gasteiger charge is -2.11. The SMILES string of the molecule is O=S(=O)(Cc1ccccc1)c1cccc(C2OCCO2)c1. The molecule has 0 amide bonds. The summed E-state index contributed by atoms with van der Waals surface area (Å²) in [7, 11) is -3.38. The highest BCUT2D eigenvalue weighted by Gasteiger charge is 2.21. The molecule has 1 aliphatic rings. The van der Waals surface area contributed by atoms with Crippen LogP contribution in [0.2, 0.25) is 0 Å². The van der Waals surface area contributed by atoms with Crippen LogP contribution >= 0.6 is 0 Å². The molecule has 0 bridgehead atoms. The van der Waals surface area contributed by atoms with Gasteiger partial charge in [0.2, 0.25) is 0 Å². The second kappa shape index (κ2) is 5.97. The predicted molar refractivity (Wildman–Crippen MR) is 78.4 cm³/mol. The van der Waals surface area contributed by atoms with Gasteiger partial charge in [0.25, 0.3) is 0 Å². The summed E-state index contributed by atoms with van der Waals surface area (Å²) in [6.07, 6.45) is -0.461.